The van der Waals surface area contributed by atoms with E-state index in [2.05, 4.69) is 5.10 Å². The van der Waals surface area contributed by atoms with Crippen molar-refractivity contribution >= 4 is 5.91 Å². The van der Waals surface area contributed by atoms with E-state index in [1.54, 1.807) is 13.2 Å². The van der Waals surface area contributed by atoms with Crippen LogP contribution in [0.5, 0.6) is 0 Å². The maximum atomic E-state index is 12.2. The molecule has 0 aliphatic heterocycles. The Morgan fingerprint density at radius 2 is 2.05 bits per heavy atom. The normalized spacial score (nSPS) is 10.6. The lowest BCUT2D eigenvalue weighted by molar-refractivity contribution is 0.0766. The van der Waals surface area contributed by atoms with Crippen molar-refractivity contribution in [2.45, 2.75) is 13.5 Å². The van der Waals surface area contributed by atoms with Gasteiger partial charge in [0.15, 0.2) is 0 Å². The van der Waals surface area contributed by atoms with E-state index < -0.39 is 0 Å². The predicted molar refractivity (Wildman–Crippen MR) is 76.6 cm³/mol. The molecule has 0 fully saturated rings. The van der Waals surface area contributed by atoms with Crippen LogP contribution in [0, 0.1) is 6.92 Å². The molecule has 0 aliphatic carbocycles. The Kier molecular flexibility index (Phi) is 4.53. The highest BCUT2D eigenvalue weighted by Gasteiger charge is 2.17. The van der Waals surface area contributed by atoms with Crippen LogP contribution >= 0.6 is 0 Å². The molecule has 0 atom stereocenters. The molecular formula is C15H19N3O2. The zero-order valence-corrected chi connectivity index (χ0v) is 11.8. The van der Waals surface area contributed by atoms with Gasteiger partial charge in [0.05, 0.1) is 24.9 Å². The minimum atomic E-state index is -0.115. The summed E-state index contributed by atoms with van der Waals surface area (Å²) in [6.07, 6.45) is 1.59. The van der Waals surface area contributed by atoms with E-state index in [0.717, 1.165) is 11.3 Å². The number of hydrogen-bond acceptors (Lipinski definition) is 3. The largest absolute Gasteiger partial charge is 0.395 e. The summed E-state index contributed by atoms with van der Waals surface area (Å²) in [5.41, 5.74) is 2.56. The van der Waals surface area contributed by atoms with E-state index in [-0.39, 0.29) is 12.5 Å². The Morgan fingerprint density at radius 1 is 1.35 bits per heavy atom. The van der Waals surface area contributed by atoms with Crippen LogP contribution in [-0.2, 0) is 6.54 Å². The number of benzene rings is 1. The molecule has 20 heavy (non-hydrogen) atoms. The third kappa shape index (κ3) is 3.05. The number of hydrogen-bond donors (Lipinski definition) is 1. The Morgan fingerprint density at radius 3 is 2.70 bits per heavy atom. The van der Waals surface area contributed by atoms with Crippen molar-refractivity contribution in [3.05, 3.63) is 53.3 Å². The van der Waals surface area contributed by atoms with E-state index in [1.165, 1.54) is 4.90 Å². The third-order valence-corrected chi connectivity index (χ3v) is 3.29. The summed E-state index contributed by atoms with van der Waals surface area (Å²) in [7, 11) is 1.67. The van der Waals surface area contributed by atoms with Gasteiger partial charge >= 0.3 is 0 Å². The minimum Gasteiger partial charge on any atom is -0.395 e. The van der Waals surface area contributed by atoms with E-state index in [0.29, 0.717) is 18.7 Å². The Hall–Kier alpha value is -2.14. The van der Waals surface area contributed by atoms with E-state index in [1.807, 2.05) is 41.9 Å². The SMILES string of the molecule is Cc1c(C(=O)N(C)CCO)cnn1Cc1ccccc1. The summed E-state index contributed by atoms with van der Waals surface area (Å²) in [4.78, 5) is 13.7. The van der Waals surface area contributed by atoms with Crippen molar-refractivity contribution in [2.75, 3.05) is 20.2 Å². The molecule has 1 amide bonds. The number of likely N-dealkylation sites (N-methyl/N-ethyl adjacent to an activating group) is 1. The number of aliphatic hydroxyl groups is 1. The minimum absolute atomic E-state index is 0.0422. The first-order valence-electron chi connectivity index (χ1n) is 6.56. The van der Waals surface area contributed by atoms with Crippen molar-refractivity contribution < 1.29 is 9.90 Å². The number of rotatable bonds is 5. The zero-order chi connectivity index (χ0) is 14.5. The molecule has 0 saturated heterocycles. The average Bonchev–Trinajstić information content (AvgIpc) is 2.81. The first-order chi connectivity index (χ1) is 9.63. The van der Waals surface area contributed by atoms with Gasteiger partial charge in [0, 0.05) is 19.3 Å². The van der Waals surface area contributed by atoms with Crippen LogP contribution in [0.25, 0.3) is 0 Å². The van der Waals surface area contributed by atoms with Gasteiger partial charge in [-0.3, -0.25) is 9.48 Å². The van der Waals surface area contributed by atoms with Crippen LogP contribution in [0.3, 0.4) is 0 Å². The topological polar surface area (TPSA) is 58.4 Å². The lowest BCUT2D eigenvalue weighted by Gasteiger charge is -2.15. The van der Waals surface area contributed by atoms with Gasteiger partial charge in [-0.25, -0.2) is 0 Å². The number of aliphatic hydroxyl groups excluding tert-OH is 1. The monoisotopic (exact) mass is 273 g/mol. The summed E-state index contributed by atoms with van der Waals surface area (Å²) in [6, 6.07) is 9.99. The van der Waals surface area contributed by atoms with Gasteiger partial charge in [0.1, 0.15) is 0 Å². The molecule has 0 radical (unpaired) electrons. The number of carbonyl (C=O) groups excluding carboxylic acids is 1. The van der Waals surface area contributed by atoms with E-state index in [4.69, 9.17) is 5.11 Å². The van der Waals surface area contributed by atoms with Gasteiger partial charge in [-0.05, 0) is 12.5 Å². The van der Waals surface area contributed by atoms with Crippen LogP contribution in [0.2, 0.25) is 0 Å². The summed E-state index contributed by atoms with van der Waals surface area (Å²) in [5.74, 6) is -0.115. The van der Waals surface area contributed by atoms with Crippen LogP contribution < -0.4 is 0 Å². The number of aromatic nitrogens is 2. The summed E-state index contributed by atoms with van der Waals surface area (Å²) < 4.78 is 1.81. The fourth-order valence-electron chi connectivity index (χ4n) is 2.03. The zero-order valence-electron chi connectivity index (χ0n) is 11.8. The Balaban J connectivity index is 2.17. The molecule has 1 aromatic heterocycles. The summed E-state index contributed by atoms with van der Waals surface area (Å²) >= 11 is 0. The van der Waals surface area contributed by atoms with Crippen molar-refractivity contribution in [3.8, 4) is 0 Å². The quantitative estimate of drug-likeness (QED) is 0.893. The highest BCUT2D eigenvalue weighted by molar-refractivity contribution is 5.94. The lowest BCUT2D eigenvalue weighted by atomic mass is 10.2. The molecule has 0 saturated carbocycles. The molecule has 1 N–H and O–H groups in total. The van der Waals surface area contributed by atoms with Crippen LogP contribution in [-0.4, -0.2) is 45.9 Å². The maximum Gasteiger partial charge on any atom is 0.257 e. The molecule has 5 heteroatoms. The average molecular weight is 273 g/mol. The molecular weight excluding hydrogens is 254 g/mol. The highest BCUT2D eigenvalue weighted by Crippen LogP contribution is 2.12. The number of nitrogens with zero attached hydrogens (tertiary/aromatic N) is 3. The second-order valence-electron chi connectivity index (χ2n) is 4.74. The van der Waals surface area contributed by atoms with Gasteiger partial charge in [-0.1, -0.05) is 30.3 Å². The maximum absolute atomic E-state index is 12.2. The molecule has 106 valence electrons. The first kappa shape index (κ1) is 14.3. The van der Waals surface area contributed by atoms with Crippen molar-refractivity contribution in [1.82, 2.24) is 14.7 Å². The van der Waals surface area contributed by atoms with Gasteiger partial charge in [-0.2, -0.15) is 5.10 Å². The molecule has 1 heterocycles. The fraction of sp³-hybridized carbons (Fsp3) is 0.333. The van der Waals surface area contributed by atoms with Gasteiger partial charge in [0.2, 0.25) is 0 Å². The summed E-state index contributed by atoms with van der Waals surface area (Å²) in [5, 5.41) is 13.2. The van der Waals surface area contributed by atoms with Crippen LogP contribution in [0.4, 0.5) is 0 Å². The van der Waals surface area contributed by atoms with Crippen molar-refractivity contribution in [3.63, 3.8) is 0 Å². The predicted octanol–water partition coefficient (Wildman–Crippen LogP) is 1.30. The van der Waals surface area contributed by atoms with Gasteiger partial charge in [-0.15, -0.1) is 0 Å². The fourth-order valence-corrected chi connectivity index (χ4v) is 2.03. The number of carbonyl (C=O) groups is 1. The standard InChI is InChI=1S/C15H19N3O2/c1-12-14(15(20)17(2)8-9-19)10-16-18(12)11-13-6-4-3-5-7-13/h3-7,10,19H,8-9,11H2,1-2H3. The van der Waals surface area contributed by atoms with Crippen molar-refractivity contribution in [2.24, 2.45) is 0 Å². The molecule has 0 unspecified atom stereocenters. The van der Waals surface area contributed by atoms with E-state index >= 15 is 0 Å². The molecule has 5 nitrogen and oxygen atoms in total. The molecule has 2 rings (SSSR count). The van der Waals surface area contributed by atoms with E-state index in [9.17, 15) is 4.79 Å². The third-order valence-electron chi connectivity index (χ3n) is 3.29. The number of amides is 1. The molecule has 2 aromatic rings. The first-order valence-corrected chi connectivity index (χ1v) is 6.56. The van der Waals surface area contributed by atoms with Gasteiger partial charge in [0.25, 0.3) is 5.91 Å². The molecule has 1 aromatic carbocycles. The van der Waals surface area contributed by atoms with Crippen LogP contribution in [0.15, 0.2) is 36.5 Å². The van der Waals surface area contributed by atoms with Crippen molar-refractivity contribution in [1.29, 1.82) is 0 Å². The lowest BCUT2D eigenvalue weighted by Crippen LogP contribution is -2.29. The Labute approximate surface area is 118 Å². The molecule has 0 spiro atoms. The molecule has 0 bridgehead atoms. The Bertz CT molecular complexity index is 578. The smallest absolute Gasteiger partial charge is 0.257 e. The second-order valence-corrected chi connectivity index (χ2v) is 4.74. The van der Waals surface area contributed by atoms with Gasteiger partial charge < -0.3 is 10.0 Å². The van der Waals surface area contributed by atoms with Crippen LogP contribution in [0.1, 0.15) is 21.6 Å². The highest BCUT2D eigenvalue weighted by atomic mass is 16.3. The second kappa shape index (κ2) is 6.34. The summed E-state index contributed by atoms with van der Waals surface area (Å²) in [6.45, 7) is 2.81. The molecule has 0 aliphatic rings.